The highest BCUT2D eigenvalue weighted by atomic mass is 35.5. The summed E-state index contributed by atoms with van der Waals surface area (Å²) in [7, 11) is 0. The van der Waals surface area contributed by atoms with Gasteiger partial charge in [-0.2, -0.15) is 0 Å². The van der Waals surface area contributed by atoms with Crippen molar-refractivity contribution in [2.75, 3.05) is 19.7 Å². The first kappa shape index (κ1) is 20.5. The van der Waals surface area contributed by atoms with E-state index < -0.39 is 0 Å². The first-order valence-corrected chi connectivity index (χ1v) is 7.76. The maximum atomic E-state index is 12.1. The van der Waals surface area contributed by atoms with Crippen molar-refractivity contribution in [3.63, 3.8) is 0 Å². The first-order valence-electron chi connectivity index (χ1n) is 7.76. The molecule has 2 aromatic heterocycles. The number of imidazole rings is 1. The van der Waals surface area contributed by atoms with Gasteiger partial charge in [0, 0.05) is 37.9 Å². The molecule has 1 aliphatic rings. The monoisotopic (exact) mass is 374 g/mol. The van der Waals surface area contributed by atoms with Gasteiger partial charge in [-0.25, -0.2) is 4.98 Å². The lowest BCUT2D eigenvalue weighted by molar-refractivity contribution is -0.132. The van der Waals surface area contributed by atoms with E-state index in [1.807, 2.05) is 40.8 Å². The van der Waals surface area contributed by atoms with Crippen LogP contribution < -0.4 is 10.5 Å². The lowest BCUT2D eigenvalue weighted by Gasteiger charge is -2.15. The number of amides is 1. The lowest BCUT2D eigenvalue weighted by atomic mass is 10.2. The van der Waals surface area contributed by atoms with Crippen LogP contribution in [0, 0.1) is 0 Å². The molecule has 0 aliphatic carbocycles. The van der Waals surface area contributed by atoms with Gasteiger partial charge in [0.25, 0.3) is 5.91 Å². The number of nitrogens with zero attached hydrogens (tertiary/aromatic N) is 3. The maximum Gasteiger partial charge on any atom is 0.260 e. The molecule has 2 N–H and O–H groups in total. The Balaban J connectivity index is 0.00000144. The van der Waals surface area contributed by atoms with Crippen molar-refractivity contribution >= 4 is 36.4 Å². The molecule has 0 radical (unpaired) electrons. The molecular weight excluding hydrogens is 351 g/mol. The minimum atomic E-state index is 0. The van der Waals surface area contributed by atoms with Gasteiger partial charge in [-0.3, -0.25) is 4.79 Å². The second kappa shape index (κ2) is 9.11. The third kappa shape index (κ3) is 4.75. The minimum Gasteiger partial charge on any atom is -0.480 e. The summed E-state index contributed by atoms with van der Waals surface area (Å²) in [6.45, 7) is 3.70. The number of aromatic nitrogens is 2. The number of pyridine rings is 1. The van der Waals surface area contributed by atoms with Crippen LogP contribution in [0.15, 0.2) is 24.5 Å². The summed E-state index contributed by atoms with van der Waals surface area (Å²) in [4.78, 5) is 18.5. The Hall–Kier alpha value is -1.50. The fourth-order valence-electron chi connectivity index (χ4n) is 2.78. The summed E-state index contributed by atoms with van der Waals surface area (Å²) < 4.78 is 7.62. The summed E-state index contributed by atoms with van der Waals surface area (Å²) in [5.74, 6) is 0.674. The summed E-state index contributed by atoms with van der Waals surface area (Å²) in [6, 6.07) is 3.79. The summed E-state index contributed by atoms with van der Waals surface area (Å²) in [6.07, 6.45) is 6.76. The molecular formula is C16H24Cl2N4O2. The molecule has 3 rings (SSSR count). The number of hydrogen-bond donors (Lipinski definition) is 1. The first-order chi connectivity index (χ1) is 10.6. The molecule has 6 nitrogen and oxygen atoms in total. The van der Waals surface area contributed by atoms with Crippen molar-refractivity contribution in [2.24, 2.45) is 5.73 Å². The summed E-state index contributed by atoms with van der Waals surface area (Å²) in [5.41, 5.74) is 7.48. The molecule has 134 valence electrons. The Morgan fingerprint density at radius 2 is 2.08 bits per heavy atom. The average Bonchev–Trinajstić information content (AvgIpc) is 3.12. The molecule has 24 heavy (non-hydrogen) atoms. The van der Waals surface area contributed by atoms with E-state index in [2.05, 4.69) is 4.98 Å². The van der Waals surface area contributed by atoms with Gasteiger partial charge in [-0.15, -0.1) is 24.8 Å². The van der Waals surface area contributed by atoms with E-state index in [1.165, 1.54) is 0 Å². The molecule has 1 amide bonds. The van der Waals surface area contributed by atoms with Crippen LogP contribution in [0.5, 0.6) is 5.75 Å². The van der Waals surface area contributed by atoms with Crippen LogP contribution >= 0.6 is 24.8 Å². The van der Waals surface area contributed by atoms with Crippen molar-refractivity contribution < 1.29 is 9.53 Å². The van der Waals surface area contributed by atoms with Crippen LogP contribution in [0.3, 0.4) is 0 Å². The van der Waals surface area contributed by atoms with E-state index in [4.69, 9.17) is 10.5 Å². The lowest BCUT2D eigenvalue weighted by Crippen LogP contribution is -2.32. The summed E-state index contributed by atoms with van der Waals surface area (Å²) >= 11 is 0. The molecule has 2 aromatic rings. The van der Waals surface area contributed by atoms with Crippen molar-refractivity contribution in [2.45, 2.75) is 32.2 Å². The number of hydrogen-bond acceptors (Lipinski definition) is 4. The van der Waals surface area contributed by atoms with Gasteiger partial charge in [-0.1, -0.05) is 0 Å². The van der Waals surface area contributed by atoms with Gasteiger partial charge in [0.1, 0.15) is 0 Å². The Labute approximate surface area is 154 Å². The Bertz CT molecular complexity index is 669. The number of carbonyl (C=O) groups is 1. The average molecular weight is 375 g/mol. The number of nitrogens with two attached hydrogens (primary N) is 1. The highest BCUT2D eigenvalue weighted by molar-refractivity contribution is 5.85. The van der Waals surface area contributed by atoms with Crippen molar-refractivity contribution in [3.05, 3.63) is 30.2 Å². The van der Waals surface area contributed by atoms with E-state index in [0.717, 1.165) is 37.3 Å². The Morgan fingerprint density at radius 3 is 2.75 bits per heavy atom. The fourth-order valence-corrected chi connectivity index (χ4v) is 2.78. The second-order valence-electron chi connectivity index (χ2n) is 5.89. The van der Waals surface area contributed by atoms with Crippen molar-refractivity contribution in [1.29, 1.82) is 0 Å². The molecule has 0 spiro atoms. The topological polar surface area (TPSA) is 72.9 Å². The van der Waals surface area contributed by atoms with Crippen molar-refractivity contribution in [3.8, 4) is 5.75 Å². The molecule has 0 bridgehead atoms. The Morgan fingerprint density at radius 1 is 1.38 bits per heavy atom. The van der Waals surface area contributed by atoms with Gasteiger partial charge >= 0.3 is 0 Å². The molecule has 3 heterocycles. The summed E-state index contributed by atoms with van der Waals surface area (Å²) in [5, 5.41) is 0. The largest absolute Gasteiger partial charge is 0.480 e. The zero-order valence-corrected chi connectivity index (χ0v) is 15.3. The van der Waals surface area contributed by atoms with Gasteiger partial charge in [0.2, 0.25) is 0 Å². The SMILES string of the molecule is CC(N)Cc1cn2cccc(OCC(=O)N3CCCC3)c2n1.Cl.Cl. The van der Waals surface area contributed by atoms with E-state index in [9.17, 15) is 4.79 Å². The van der Waals surface area contributed by atoms with Crippen LogP contribution in [-0.4, -0.2) is 45.9 Å². The standard InChI is InChI=1S/C16H22N4O2.2ClH/c1-12(17)9-13-10-20-8-4-5-14(16(20)18-13)22-11-15(21)19-6-2-3-7-19;;/h4-5,8,10,12H,2-3,6-7,9,11,17H2,1H3;2*1H. The Kier molecular flexibility index (Phi) is 7.79. The molecule has 0 aromatic carbocycles. The predicted octanol–water partition coefficient (Wildman–Crippen LogP) is 2.07. The molecule has 1 aliphatic heterocycles. The highest BCUT2D eigenvalue weighted by Gasteiger charge is 2.18. The van der Waals surface area contributed by atoms with Crippen molar-refractivity contribution in [1.82, 2.24) is 14.3 Å². The molecule has 8 heteroatoms. The van der Waals surface area contributed by atoms with E-state index in [0.29, 0.717) is 12.2 Å². The third-order valence-electron chi connectivity index (χ3n) is 3.84. The second-order valence-corrected chi connectivity index (χ2v) is 5.89. The molecule has 1 atom stereocenters. The third-order valence-corrected chi connectivity index (χ3v) is 3.84. The van der Waals surface area contributed by atoms with Gasteiger partial charge in [0.15, 0.2) is 18.0 Å². The molecule has 1 saturated heterocycles. The zero-order valence-electron chi connectivity index (χ0n) is 13.7. The minimum absolute atomic E-state index is 0. The molecule has 1 unspecified atom stereocenters. The van der Waals surface area contributed by atoms with E-state index >= 15 is 0 Å². The number of carbonyl (C=O) groups excluding carboxylic acids is 1. The van der Waals surface area contributed by atoms with Crippen LogP contribution in [0.1, 0.15) is 25.5 Å². The fraction of sp³-hybridized carbons (Fsp3) is 0.500. The number of ether oxygens (including phenoxy) is 1. The maximum absolute atomic E-state index is 12.1. The normalized spacial score (nSPS) is 14.8. The highest BCUT2D eigenvalue weighted by Crippen LogP contribution is 2.20. The van der Waals surface area contributed by atoms with Gasteiger partial charge in [0.05, 0.1) is 5.69 Å². The number of likely N-dealkylation sites (tertiary alicyclic amines) is 1. The van der Waals surface area contributed by atoms with Crippen LogP contribution in [0.4, 0.5) is 0 Å². The predicted molar refractivity (Wildman–Crippen MR) is 98.4 cm³/mol. The van der Waals surface area contributed by atoms with Crippen LogP contribution in [0.2, 0.25) is 0 Å². The molecule has 1 fully saturated rings. The smallest absolute Gasteiger partial charge is 0.260 e. The van der Waals surface area contributed by atoms with Gasteiger partial charge in [-0.05, 0) is 31.9 Å². The zero-order chi connectivity index (χ0) is 15.5. The van der Waals surface area contributed by atoms with E-state index in [1.54, 1.807) is 0 Å². The van der Waals surface area contributed by atoms with E-state index in [-0.39, 0.29) is 43.4 Å². The van der Waals surface area contributed by atoms with Crippen LogP contribution in [0.25, 0.3) is 5.65 Å². The molecule has 0 saturated carbocycles. The van der Waals surface area contributed by atoms with Crippen LogP contribution in [-0.2, 0) is 11.2 Å². The van der Waals surface area contributed by atoms with Gasteiger partial charge < -0.3 is 19.8 Å². The number of halogens is 2. The number of rotatable bonds is 5. The number of fused-ring (bicyclic) bond motifs is 1. The quantitative estimate of drug-likeness (QED) is 0.869.